The zero-order chi connectivity index (χ0) is 42.9. The maximum atomic E-state index is 15.1. The number of oxazole rings is 1. The van der Waals surface area contributed by atoms with Crippen LogP contribution in [0.4, 0.5) is 16.0 Å². The minimum atomic E-state index is -0.761. The van der Waals surface area contributed by atoms with Crippen molar-refractivity contribution in [3.8, 4) is 16.9 Å². The molecular weight excluding hydrogens is 792 g/mol. The fraction of sp³-hybridized carbons (Fsp3) is 0.340. The molecule has 318 valence electrons. The number of halogens is 1. The first-order chi connectivity index (χ1) is 30.1. The van der Waals surface area contributed by atoms with Crippen LogP contribution in [0.15, 0.2) is 105 Å². The zero-order valence-electron chi connectivity index (χ0n) is 34.4. The van der Waals surface area contributed by atoms with Gasteiger partial charge in [-0.2, -0.15) is 0 Å². The van der Waals surface area contributed by atoms with Crippen molar-refractivity contribution in [1.29, 1.82) is 0 Å². The zero-order valence-corrected chi connectivity index (χ0v) is 34.4. The van der Waals surface area contributed by atoms with Gasteiger partial charge < -0.3 is 19.5 Å². The highest BCUT2D eigenvalue weighted by atomic mass is 19.1. The van der Waals surface area contributed by atoms with Gasteiger partial charge in [0.2, 0.25) is 17.8 Å². The summed E-state index contributed by atoms with van der Waals surface area (Å²) in [6.45, 7) is 6.22. The quantitative estimate of drug-likeness (QED) is 0.146. The highest BCUT2D eigenvalue weighted by Gasteiger charge is 2.32. The number of nitrogens with zero attached hydrogens (tertiary/aromatic N) is 6. The Balaban J connectivity index is 0.755. The number of pyridine rings is 1. The molecule has 0 radical (unpaired) electrons. The van der Waals surface area contributed by atoms with Crippen molar-refractivity contribution in [1.82, 2.24) is 34.2 Å². The van der Waals surface area contributed by atoms with Gasteiger partial charge in [-0.15, -0.1) is 0 Å². The van der Waals surface area contributed by atoms with Crippen LogP contribution in [-0.2, 0) is 9.59 Å². The number of benzene rings is 3. The third-order valence-corrected chi connectivity index (χ3v) is 12.5. The molecule has 9 rings (SSSR count). The number of aryl methyl sites for hydroxylation is 1. The second kappa shape index (κ2) is 17.3. The second-order valence-electron chi connectivity index (χ2n) is 16.6. The number of nitrogens with one attached hydrogen (secondary N) is 2. The Hall–Kier alpha value is -6.74. The van der Waals surface area contributed by atoms with Gasteiger partial charge in [-0.25, -0.2) is 19.2 Å². The number of hydrogen-bond acceptors (Lipinski definition) is 10. The Morgan fingerprint density at radius 1 is 0.903 bits per heavy atom. The van der Waals surface area contributed by atoms with E-state index in [9.17, 15) is 24.0 Å². The molecule has 0 bridgehead atoms. The molecule has 3 saturated heterocycles. The monoisotopic (exact) mass is 838 g/mol. The molecule has 6 aromatic rings. The van der Waals surface area contributed by atoms with Crippen LogP contribution in [0.5, 0.6) is 0 Å². The van der Waals surface area contributed by atoms with Gasteiger partial charge in [0.05, 0.1) is 11.7 Å². The summed E-state index contributed by atoms with van der Waals surface area (Å²) in [7, 11) is 0. The third-order valence-electron chi connectivity index (χ3n) is 12.5. The topological polar surface area (TPSA) is 165 Å². The van der Waals surface area contributed by atoms with Crippen molar-refractivity contribution in [3.63, 3.8) is 0 Å². The van der Waals surface area contributed by atoms with Crippen molar-refractivity contribution in [2.45, 2.75) is 63.8 Å². The predicted molar refractivity (Wildman–Crippen MR) is 231 cm³/mol. The number of anilines is 2. The lowest BCUT2D eigenvalue weighted by molar-refractivity contribution is -0.135. The molecule has 0 saturated carbocycles. The Kier molecular flexibility index (Phi) is 11.4. The first kappa shape index (κ1) is 40.7. The molecule has 14 nitrogen and oxygen atoms in total. The van der Waals surface area contributed by atoms with E-state index in [-0.39, 0.29) is 41.9 Å². The van der Waals surface area contributed by atoms with Crippen molar-refractivity contribution in [2.75, 3.05) is 38.0 Å². The fourth-order valence-corrected chi connectivity index (χ4v) is 9.08. The smallest absolute Gasteiger partial charge is 0.408 e. The molecule has 3 aromatic heterocycles. The molecule has 1 unspecified atom stereocenters. The second-order valence-corrected chi connectivity index (χ2v) is 16.6. The summed E-state index contributed by atoms with van der Waals surface area (Å²) >= 11 is 0. The number of aromatic nitrogens is 4. The van der Waals surface area contributed by atoms with E-state index >= 15 is 4.39 Å². The molecule has 1 atom stereocenters. The van der Waals surface area contributed by atoms with Crippen LogP contribution < -0.4 is 21.9 Å². The van der Waals surface area contributed by atoms with Crippen LogP contribution in [0, 0.1) is 18.7 Å². The normalized spacial score (nSPS) is 18.0. The van der Waals surface area contributed by atoms with Gasteiger partial charge >= 0.3 is 5.76 Å². The first-order valence-electron chi connectivity index (χ1n) is 21.3. The van der Waals surface area contributed by atoms with Crippen molar-refractivity contribution < 1.29 is 23.2 Å². The van der Waals surface area contributed by atoms with E-state index in [1.165, 1.54) is 15.2 Å². The van der Waals surface area contributed by atoms with E-state index in [4.69, 9.17) is 4.42 Å². The van der Waals surface area contributed by atoms with E-state index in [1.54, 1.807) is 54.7 Å². The summed E-state index contributed by atoms with van der Waals surface area (Å²) in [5.74, 6) is -0.999. The average Bonchev–Trinajstić information content (AvgIpc) is 3.61. The lowest BCUT2D eigenvalue weighted by Crippen LogP contribution is -2.43. The molecule has 0 aliphatic carbocycles. The molecule has 15 heteroatoms. The Morgan fingerprint density at radius 2 is 1.71 bits per heavy atom. The number of fused-ring (bicyclic) bond motifs is 1. The van der Waals surface area contributed by atoms with Crippen molar-refractivity contribution in [3.05, 3.63) is 135 Å². The van der Waals surface area contributed by atoms with E-state index in [0.29, 0.717) is 58.5 Å². The summed E-state index contributed by atoms with van der Waals surface area (Å²) in [5, 5.41) is 5.46. The molecule has 3 fully saturated rings. The van der Waals surface area contributed by atoms with Gasteiger partial charge in [0.15, 0.2) is 11.4 Å². The Bertz CT molecular complexity index is 2800. The predicted octanol–water partition coefficient (Wildman–Crippen LogP) is 6.49. The molecule has 3 amide bonds. The third kappa shape index (κ3) is 8.57. The van der Waals surface area contributed by atoms with Crippen LogP contribution in [0.25, 0.3) is 28.0 Å². The van der Waals surface area contributed by atoms with Gasteiger partial charge in [-0.3, -0.25) is 33.6 Å². The number of hydrogen-bond donors (Lipinski definition) is 2. The number of imide groups is 1. The lowest BCUT2D eigenvalue weighted by Gasteiger charge is -2.35. The number of piperidine rings is 3. The molecule has 3 aliphatic heterocycles. The largest absolute Gasteiger partial charge is 0.420 e. The number of likely N-dealkylation sites (tertiary alicyclic amines) is 2. The summed E-state index contributed by atoms with van der Waals surface area (Å²) in [6.07, 6.45) is 8.23. The van der Waals surface area contributed by atoms with Crippen LogP contribution in [0.3, 0.4) is 0 Å². The maximum Gasteiger partial charge on any atom is 0.420 e. The van der Waals surface area contributed by atoms with E-state index in [2.05, 4.69) is 25.5 Å². The van der Waals surface area contributed by atoms with Gasteiger partial charge in [0.25, 0.3) is 11.5 Å². The summed E-state index contributed by atoms with van der Waals surface area (Å²) in [5.41, 5.74) is 5.16. The van der Waals surface area contributed by atoms with Gasteiger partial charge in [0.1, 0.15) is 11.7 Å². The summed E-state index contributed by atoms with van der Waals surface area (Å²) in [4.78, 5) is 76.1. The van der Waals surface area contributed by atoms with Gasteiger partial charge in [-0.05, 0) is 131 Å². The fourth-order valence-electron chi connectivity index (χ4n) is 9.08. The first-order valence-corrected chi connectivity index (χ1v) is 21.3. The number of rotatable bonds is 10. The van der Waals surface area contributed by atoms with E-state index < -0.39 is 23.5 Å². The van der Waals surface area contributed by atoms with Crippen LogP contribution in [-0.4, -0.2) is 79.3 Å². The highest BCUT2D eigenvalue weighted by Crippen LogP contribution is 2.33. The Morgan fingerprint density at radius 3 is 2.52 bits per heavy atom. The minimum Gasteiger partial charge on any atom is -0.408 e. The molecule has 2 N–H and O–H groups in total. The highest BCUT2D eigenvalue weighted by molar-refractivity contribution is 6.00. The van der Waals surface area contributed by atoms with Crippen LogP contribution in [0.1, 0.15) is 78.4 Å². The average molecular weight is 839 g/mol. The van der Waals surface area contributed by atoms with E-state index in [0.717, 1.165) is 69.1 Å². The minimum absolute atomic E-state index is 0.0388. The SMILES string of the molecule is Cc1ccc(=O)n(-c2cccc(-c3nc(Nc4cccc(C(=O)N5CCC(CCN6CCC(c7ccc8c(c7)oc(=O)n8C7CCC(=O)NC7=O)CC6)CC5)c4)ncc3F)c2)c1. The number of carbonyl (C=O) groups is 3. The van der Waals surface area contributed by atoms with Crippen LogP contribution in [0.2, 0.25) is 0 Å². The molecule has 6 heterocycles. The van der Waals surface area contributed by atoms with Gasteiger partial charge in [0, 0.05) is 54.3 Å². The molecule has 0 spiro atoms. The number of amides is 3. The molecule has 62 heavy (non-hydrogen) atoms. The van der Waals surface area contributed by atoms with Crippen molar-refractivity contribution >= 4 is 40.5 Å². The molecule has 3 aliphatic rings. The molecule has 3 aromatic carbocycles. The Labute approximate surface area is 356 Å². The molecular formula is C47H47FN8O6. The summed E-state index contributed by atoms with van der Waals surface area (Å²) in [6, 6.07) is 22.4. The summed E-state index contributed by atoms with van der Waals surface area (Å²) < 4.78 is 23.6. The van der Waals surface area contributed by atoms with E-state index in [1.807, 2.05) is 36.1 Å². The number of carbonyl (C=O) groups excluding carboxylic acids is 3. The van der Waals surface area contributed by atoms with Gasteiger partial charge in [-0.1, -0.05) is 30.3 Å². The maximum absolute atomic E-state index is 15.1. The van der Waals surface area contributed by atoms with Crippen molar-refractivity contribution in [2.24, 2.45) is 5.92 Å². The van der Waals surface area contributed by atoms with Crippen LogP contribution >= 0.6 is 0 Å². The lowest BCUT2D eigenvalue weighted by atomic mass is 9.88. The standard InChI is InChI=1S/C47H47FN8O6/c1-29-8-13-42(58)55(28-29)36-7-3-4-33(25-36)43-37(48)27-49-46(52-43)50-35-6-2-5-34(24-35)45(60)54-22-15-30(16-23-54)14-19-53-20-17-31(18-21-53)32-9-10-38-40(26-32)62-47(61)56(38)39-11-12-41(57)51-44(39)59/h2-10,13,24-28,30-31,39H,11-12,14-23H2,1H3,(H,49,50,52)(H,51,57,59).